The number of halogens is 3. The highest BCUT2D eigenvalue weighted by atomic mass is 79.9. The maximum absolute atomic E-state index is 13.4. The minimum Gasteiger partial charge on any atom is -0.381 e. The van der Waals surface area contributed by atoms with E-state index >= 15 is 0 Å². The van der Waals surface area contributed by atoms with Gasteiger partial charge in [0, 0.05) is 23.1 Å². The molecule has 1 aromatic heterocycles. The topological polar surface area (TPSA) is 22.1 Å². The van der Waals surface area contributed by atoms with Crippen molar-refractivity contribution < 1.29 is 13.5 Å². The second-order valence-corrected chi connectivity index (χ2v) is 6.32. The van der Waals surface area contributed by atoms with Gasteiger partial charge in [-0.1, -0.05) is 15.9 Å². The quantitative estimate of drug-likeness (QED) is 0.744. The van der Waals surface area contributed by atoms with Crippen LogP contribution >= 0.6 is 15.9 Å². The van der Waals surface area contributed by atoms with Crippen LogP contribution in [0.15, 0.2) is 22.7 Å². The number of hydrogen-bond donors (Lipinski definition) is 0. The molecule has 0 radical (unpaired) electrons. The molecule has 1 aliphatic rings. The lowest BCUT2D eigenvalue weighted by Crippen LogP contribution is -2.16. The van der Waals surface area contributed by atoms with Crippen LogP contribution in [0.1, 0.15) is 42.0 Å². The van der Waals surface area contributed by atoms with Crippen molar-refractivity contribution in [2.75, 3.05) is 13.2 Å². The number of rotatable bonds is 2. The number of aromatic nitrogens is 1. The van der Waals surface area contributed by atoms with Crippen LogP contribution in [0.4, 0.5) is 8.78 Å². The smallest absolute Gasteiger partial charge is 0.280 e. The van der Waals surface area contributed by atoms with Gasteiger partial charge >= 0.3 is 0 Å². The first-order chi connectivity index (χ1) is 10.1. The van der Waals surface area contributed by atoms with Gasteiger partial charge in [-0.15, -0.1) is 0 Å². The van der Waals surface area contributed by atoms with E-state index in [0.717, 1.165) is 28.3 Å². The standard InChI is InChI=1S/C16H16BrF2NO/c1-9-6-13(17)12-8-11(10-2-4-21-5-3-10)15(16(18)19)20-14(12)7-9/h6-8,10,16H,2-5H2,1H3. The predicted octanol–water partition coefficient (Wildman–Crippen LogP) is 5.14. The summed E-state index contributed by atoms with van der Waals surface area (Å²) >= 11 is 3.52. The summed E-state index contributed by atoms with van der Waals surface area (Å²) in [6.07, 6.45) is -1.00. The fourth-order valence-corrected chi connectivity index (χ4v) is 3.58. The van der Waals surface area contributed by atoms with Crippen LogP contribution in [0.5, 0.6) is 0 Å². The van der Waals surface area contributed by atoms with Crippen molar-refractivity contribution in [1.29, 1.82) is 0 Å². The van der Waals surface area contributed by atoms with Gasteiger partial charge in [0.25, 0.3) is 6.43 Å². The highest BCUT2D eigenvalue weighted by molar-refractivity contribution is 9.10. The van der Waals surface area contributed by atoms with E-state index in [1.54, 1.807) is 0 Å². The number of alkyl halides is 2. The Bertz CT molecular complexity index is 669. The van der Waals surface area contributed by atoms with Gasteiger partial charge in [0.1, 0.15) is 5.69 Å². The van der Waals surface area contributed by atoms with Crippen LogP contribution in [0.2, 0.25) is 0 Å². The number of benzene rings is 1. The molecular weight excluding hydrogens is 340 g/mol. The summed E-state index contributed by atoms with van der Waals surface area (Å²) in [5, 5.41) is 0.895. The molecule has 0 N–H and O–H groups in total. The Labute approximate surface area is 130 Å². The minimum absolute atomic E-state index is 0.0769. The molecule has 2 aromatic rings. The average molecular weight is 356 g/mol. The average Bonchev–Trinajstić information content (AvgIpc) is 2.46. The van der Waals surface area contributed by atoms with Gasteiger partial charge in [0.05, 0.1) is 5.52 Å². The SMILES string of the molecule is Cc1cc(Br)c2cc(C3CCOCC3)c(C(F)F)nc2c1. The second-order valence-electron chi connectivity index (χ2n) is 5.46. The van der Waals surface area contributed by atoms with Crippen molar-refractivity contribution in [1.82, 2.24) is 4.98 Å². The van der Waals surface area contributed by atoms with E-state index in [4.69, 9.17) is 4.74 Å². The van der Waals surface area contributed by atoms with Crippen LogP contribution in [0.25, 0.3) is 10.9 Å². The zero-order valence-corrected chi connectivity index (χ0v) is 13.3. The van der Waals surface area contributed by atoms with E-state index in [1.807, 2.05) is 25.1 Å². The summed E-state index contributed by atoms with van der Waals surface area (Å²) in [6, 6.07) is 5.71. The van der Waals surface area contributed by atoms with Gasteiger partial charge < -0.3 is 4.74 Å². The molecule has 0 atom stereocenters. The molecule has 21 heavy (non-hydrogen) atoms. The molecule has 1 fully saturated rings. The Morgan fingerprint density at radius 1 is 1.24 bits per heavy atom. The molecule has 0 saturated carbocycles. The molecule has 0 spiro atoms. The first-order valence-corrected chi connectivity index (χ1v) is 7.82. The summed E-state index contributed by atoms with van der Waals surface area (Å²) in [4.78, 5) is 4.25. The zero-order valence-electron chi connectivity index (χ0n) is 11.7. The lowest BCUT2D eigenvalue weighted by Gasteiger charge is -2.24. The number of nitrogens with zero attached hydrogens (tertiary/aromatic N) is 1. The fraction of sp³-hybridized carbons (Fsp3) is 0.438. The molecule has 2 heterocycles. The van der Waals surface area contributed by atoms with Crippen LogP contribution in [0.3, 0.4) is 0 Å². The number of hydrogen-bond acceptors (Lipinski definition) is 2. The molecule has 0 amide bonds. The van der Waals surface area contributed by atoms with Crippen LogP contribution < -0.4 is 0 Å². The normalized spacial score (nSPS) is 16.8. The molecular formula is C16H16BrF2NO. The second kappa shape index (κ2) is 5.97. The van der Waals surface area contributed by atoms with E-state index < -0.39 is 6.43 Å². The first kappa shape index (κ1) is 14.9. The molecule has 1 aliphatic heterocycles. The zero-order chi connectivity index (χ0) is 15.0. The van der Waals surface area contributed by atoms with E-state index in [2.05, 4.69) is 20.9 Å². The number of ether oxygens (including phenoxy) is 1. The third-order valence-electron chi connectivity index (χ3n) is 3.96. The van der Waals surface area contributed by atoms with Crippen molar-refractivity contribution in [2.24, 2.45) is 0 Å². The lowest BCUT2D eigenvalue weighted by atomic mass is 9.89. The van der Waals surface area contributed by atoms with E-state index in [1.165, 1.54) is 0 Å². The van der Waals surface area contributed by atoms with Crippen molar-refractivity contribution in [3.05, 3.63) is 39.5 Å². The molecule has 1 saturated heterocycles. The van der Waals surface area contributed by atoms with Crippen molar-refractivity contribution in [2.45, 2.75) is 32.1 Å². The third-order valence-corrected chi connectivity index (χ3v) is 4.61. The number of aryl methyl sites for hydroxylation is 1. The predicted molar refractivity (Wildman–Crippen MR) is 81.9 cm³/mol. The Hall–Kier alpha value is -1.07. The molecule has 112 valence electrons. The number of fused-ring (bicyclic) bond motifs is 1. The fourth-order valence-electron chi connectivity index (χ4n) is 2.90. The molecule has 2 nitrogen and oxygen atoms in total. The highest BCUT2D eigenvalue weighted by Gasteiger charge is 2.25. The van der Waals surface area contributed by atoms with E-state index in [0.29, 0.717) is 24.3 Å². The van der Waals surface area contributed by atoms with Gasteiger partial charge in [0.15, 0.2) is 0 Å². The first-order valence-electron chi connectivity index (χ1n) is 7.03. The Kier molecular flexibility index (Phi) is 4.22. The van der Waals surface area contributed by atoms with Crippen molar-refractivity contribution in [3.8, 4) is 0 Å². The largest absolute Gasteiger partial charge is 0.381 e. The van der Waals surface area contributed by atoms with Gasteiger partial charge in [-0.3, -0.25) is 0 Å². The van der Waals surface area contributed by atoms with Gasteiger partial charge in [-0.25, -0.2) is 13.8 Å². The van der Waals surface area contributed by atoms with Crippen molar-refractivity contribution >= 4 is 26.8 Å². The Morgan fingerprint density at radius 3 is 2.62 bits per heavy atom. The summed E-state index contributed by atoms with van der Waals surface area (Å²) < 4.78 is 33.0. The maximum Gasteiger partial charge on any atom is 0.280 e. The maximum atomic E-state index is 13.4. The van der Waals surface area contributed by atoms with Gasteiger partial charge in [0.2, 0.25) is 0 Å². The van der Waals surface area contributed by atoms with Crippen molar-refractivity contribution in [3.63, 3.8) is 0 Å². The molecule has 1 aromatic carbocycles. The molecule has 0 bridgehead atoms. The Morgan fingerprint density at radius 2 is 1.95 bits per heavy atom. The third kappa shape index (κ3) is 2.94. The summed E-state index contributed by atoms with van der Waals surface area (Å²) in [6.45, 7) is 3.18. The minimum atomic E-state index is -2.55. The highest BCUT2D eigenvalue weighted by Crippen LogP contribution is 2.37. The van der Waals surface area contributed by atoms with Crippen LogP contribution in [-0.4, -0.2) is 18.2 Å². The molecule has 5 heteroatoms. The van der Waals surface area contributed by atoms with Crippen LogP contribution in [0, 0.1) is 6.92 Å². The number of pyridine rings is 1. The van der Waals surface area contributed by atoms with Gasteiger partial charge in [-0.2, -0.15) is 0 Å². The van der Waals surface area contributed by atoms with Crippen LogP contribution in [-0.2, 0) is 4.74 Å². The monoisotopic (exact) mass is 355 g/mol. The van der Waals surface area contributed by atoms with E-state index in [-0.39, 0.29) is 11.6 Å². The van der Waals surface area contributed by atoms with Gasteiger partial charge in [-0.05, 0) is 55.0 Å². The molecule has 0 aliphatic carbocycles. The molecule has 3 rings (SSSR count). The van der Waals surface area contributed by atoms with E-state index in [9.17, 15) is 8.78 Å². The summed E-state index contributed by atoms with van der Waals surface area (Å²) in [7, 11) is 0. The Balaban J connectivity index is 2.18. The summed E-state index contributed by atoms with van der Waals surface area (Å²) in [5.74, 6) is 0.104. The lowest BCUT2D eigenvalue weighted by molar-refractivity contribution is 0.0832. The summed E-state index contributed by atoms with van der Waals surface area (Å²) in [5.41, 5.74) is 2.21. The molecule has 0 unspecified atom stereocenters.